The van der Waals surface area contributed by atoms with Crippen LogP contribution in [0.25, 0.3) is 0 Å². The minimum atomic E-state index is 0.0629. The molecule has 0 aromatic heterocycles. The lowest BCUT2D eigenvalue weighted by molar-refractivity contribution is -0.115. The van der Waals surface area contributed by atoms with Gasteiger partial charge in [-0.2, -0.15) is 0 Å². The van der Waals surface area contributed by atoms with Crippen molar-refractivity contribution < 1.29 is 4.79 Å². The van der Waals surface area contributed by atoms with Crippen molar-refractivity contribution in [3.63, 3.8) is 0 Å². The van der Waals surface area contributed by atoms with Gasteiger partial charge in [0.25, 0.3) is 0 Å². The van der Waals surface area contributed by atoms with Crippen molar-refractivity contribution in [2.45, 2.75) is 28.9 Å². The quantitative estimate of drug-likeness (QED) is 0.448. The number of carbonyl (C=O) groups is 1. The highest BCUT2D eigenvalue weighted by Crippen LogP contribution is 2.25. The minimum absolute atomic E-state index is 0.0629. The van der Waals surface area contributed by atoms with Crippen LogP contribution in [0.2, 0.25) is 0 Å². The van der Waals surface area contributed by atoms with Gasteiger partial charge in [0.1, 0.15) is 0 Å². The number of amides is 1. The van der Waals surface area contributed by atoms with Crippen molar-refractivity contribution in [2.75, 3.05) is 11.1 Å². The van der Waals surface area contributed by atoms with Crippen LogP contribution in [0.15, 0.2) is 88.7 Å². The zero-order chi connectivity index (χ0) is 18.9. The monoisotopic (exact) mass is 393 g/mol. The molecule has 0 aliphatic rings. The first kappa shape index (κ1) is 19.6. The van der Waals surface area contributed by atoms with Gasteiger partial charge in [-0.15, -0.1) is 23.5 Å². The molecule has 0 fully saturated rings. The Balaban J connectivity index is 1.47. The van der Waals surface area contributed by atoms with E-state index in [1.54, 1.807) is 11.8 Å². The molecule has 1 amide bonds. The average molecular weight is 394 g/mol. The Kier molecular flexibility index (Phi) is 7.43. The van der Waals surface area contributed by atoms with Crippen molar-refractivity contribution >= 4 is 35.1 Å². The first-order valence-corrected chi connectivity index (χ1v) is 10.9. The highest BCUT2D eigenvalue weighted by Gasteiger charge is 2.06. The Labute approximate surface area is 169 Å². The van der Waals surface area contributed by atoms with E-state index in [0.717, 1.165) is 22.8 Å². The molecule has 0 atom stereocenters. The van der Waals surface area contributed by atoms with Crippen LogP contribution in [-0.2, 0) is 10.5 Å². The Morgan fingerprint density at radius 2 is 1.48 bits per heavy atom. The Bertz CT molecular complexity index is 866. The molecule has 3 aromatic carbocycles. The van der Waals surface area contributed by atoms with Crippen LogP contribution in [0.1, 0.15) is 17.5 Å². The van der Waals surface area contributed by atoms with Gasteiger partial charge < -0.3 is 5.32 Å². The molecule has 1 N–H and O–H groups in total. The number of hydrogen-bond acceptors (Lipinski definition) is 3. The molecule has 0 aliphatic heterocycles. The second kappa shape index (κ2) is 10.2. The fourth-order valence-corrected chi connectivity index (χ4v) is 4.37. The van der Waals surface area contributed by atoms with Gasteiger partial charge in [0.05, 0.1) is 0 Å². The highest BCUT2D eigenvalue weighted by atomic mass is 32.2. The number of thioether (sulfide) groups is 2. The van der Waals surface area contributed by atoms with E-state index in [4.69, 9.17) is 0 Å². The maximum atomic E-state index is 12.2. The van der Waals surface area contributed by atoms with Crippen molar-refractivity contribution in [1.82, 2.24) is 0 Å². The summed E-state index contributed by atoms with van der Waals surface area (Å²) < 4.78 is 0. The lowest BCUT2D eigenvalue weighted by Gasteiger charge is -2.10. The first-order valence-electron chi connectivity index (χ1n) is 8.96. The van der Waals surface area contributed by atoms with Crippen LogP contribution >= 0.6 is 23.5 Å². The summed E-state index contributed by atoms with van der Waals surface area (Å²) in [5, 5.41) is 3.04. The van der Waals surface area contributed by atoms with Gasteiger partial charge in [-0.1, -0.05) is 48.5 Å². The summed E-state index contributed by atoms with van der Waals surface area (Å²) in [6.07, 6.45) is 0.505. The molecule has 0 spiro atoms. The standard InChI is InChI=1S/C23H23NOS2/c1-18-16-19(17-27-21-10-6-3-7-11-21)12-13-22(18)24-23(25)14-15-26-20-8-4-2-5-9-20/h2-13,16H,14-15,17H2,1H3,(H,24,25). The van der Waals surface area contributed by atoms with Crippen molar-refractivity contribution in [2.24, 2.45) is 0 Å². The van der Waals surface area contributed by atoms with Gasteiger partial charge >= 0.3 is 0 Å². The molecule has 0 saturated heterocycles. The van der Waals surface area contributed by atoms with E-state index >= 15 is 0 Å². The summed E-state index contributed by atoms with van der Waals surface area (Å²) in [5.41, 5.74) is 3.27. The molecule has 0 aliphatic carbocycles. The summed E-state index contributed by atoms with van der Waals surface area (Å²) in [6.45, 7) is 2.05. The Morgan fingerprint density at radius 1 is 0.852 bits per heavy atom. The van der Waals surface area contributed by atoms with E-state index in [1.807, 2.05) is 49.0 Å². The van der Waals surface area contributed by atoms with E-state index in [2.05, 4.69) is 53.8 Å². The van der Waals surface area contributed by atoms with Crippen molar-refractivity contribution in [1.29, 1.82) is 0 Å². The topological polar surface area (TPSA) is 29.1 Å². The van der Waals surface area contributed by atoms with E-state index in [-0.39, 0.29) is 5.91 Å². The van der Waals surface area contributed by atoms with Gasteiger partial charge in [0.2, 0.25) is 5.91 Å². The molecular weight excluding hydrogens is 370 g/mol. The van der Waals surface area contributed by atoms with Gasteiger partial charge in [-0.05, 0) is 48.4 Å². The van der Waals surface area contributed by atoms with Crippen LogP contribution in [0.3, 0.4) is 0 Å². The predicted octanol–water partition coefficient (Wildman–Crippen LogP) is 6.41. The number of rotatable bonds is 8. The number of aryl methyl sites for hydroxylation is 1. The molecule has 0 bridgehead atoms. The fraction of sp³-hybridized carbons (Fsp3) is 0.174. The summed E-state index contributed by atoms with van der Waals surface area (Å²) in [6, 6.07) is 26.8. The molecule has 0 saturated carbocycles. The first-order chi connectivity index (χ1) is 13.2. The van der Waals surface area contributed by atoms with Gasteiger partial charge in [0, 0.05) is 33.4 Å². The zero-order valence-electron chi connectivity index (χ0n) is 15.4. The SMILES string of the molecule is Cc1cc(CSc2ccccc2)ccc1NC(=O)CCSc1ccccc1. The molecule has 0 unspecified atom stereocenters. The summed E-state index contributed by atoms with van der Waals surface area (Å²) >= 11 is 3.53. The second-order valence-corrected chi connectivity index (χ2v) is 8.43. The van der Waals surface area contributed by atoms with E-state index in [0.29, 0.717) is 6.42 Å². The van der Waals surface area contributed by atoms with Crippen LogP contribution < -0.4 is 5.32 Å². The van der Waals surface area contributed by atoms with Crippen LogP contribution in [0.5, 0.6) is 0 Å². The third-order valence-electron chi connectivity index (χ3n) is 4.05. The Morgan fingerprint density at radius 3 is 2.11 bits per heavy atom. The largest absolute Gasteiger partial charge is 0.326 e. The van der Waals surface area contributed by atoms with Crippen LogP contribution in [0.4, 0.5) is 5.69 Å². The number of nitrogens with one attached hydrogen (secondary N) is 1. The third-order valence-corrected chi connectivity index (χ3v) is 6.15. The number of anilines is 1. The zero-order valence-corrected chi connectivity index (χ0v) is 17.0. The van der Waals surface area contributed by atoms with Gasteiger partial charge in [-0.25, -0.2) is 0 Å². The molecule has 4 heteroatoms. The third kappa shape index (κ3) is 6.49. The number of hydrogen-bond donors (Lipinski definition) is 1. The van der Waals surface area contributed by atoms with E-state index in [9.17, 15) is 4.79 Å². The van der Waals surface area contributed by atoms with Crippen molar-refractivity contribution in [3.8, 4) is 0 Å². The molecule has 0 radical (unpaired) electrons. The minimum Gasteiger partial charge on any atom is -0.326 e. The lowest BCUT2D eigenvalue weighted by atomic mass is 10.1. The average Bonchev–Trinajstić information content (AvgIpc) is 2.70. The predicted molar refractivity (Wildman–Crippen MR) is 118 cm³/mol. The number of benzene rings is 3. The molecule has 3 aromatic rings. The lowest BCUT2D eigenvalue weighted by Crippen LogP contribution is -2.13. The summed E-state index contributed by atoms with van der Waals surface area (Å²) in [7, 11) is 0. The molecule has 3 rings (SSSR count). The molecule has 138 valence electrons. The van der Waals surface area contributed by atoms with Gasteiger partial charge in [0.15, 0.2) is 0 Å². The maximum absolute atomic E-state index is 12.2. The summed E-state index contributed by atoms with van der Waals surface area (Å²) in [5.74, 6) is 1.76. The van der Waals surface area contributed by atoms with E-state index in [1.165, 1.54) is 15.4 Å². The number of carbonyl (C=O) groups excluding carboxylic acids is 1. The summed E-state index contributed by atoms with van der Waals surface area (Å²) in [4.78, 5) is 14.7. The van der Waals surface area contributed by atoms with E-state index < -0.39 is 0 Å². The second-order valence-electron chi connectivity index (χ2n) is 6.21. The highest BCUT2D eigenvalue weighted by molar-refractivity contribution is 7.99. The maximum Gasteiger partial charge on any atom is 0.225 e. The molecule has 27 heavy (non-hydrogen) atoms. The smallest absolute Gasteiger partial charge is 0.225 e. The molecular formula is C23H23NOS2. The van der Waals surface area contributed by atoms with Gasteiger partial charge in [-0.3, -0.25) is 4.79 Å². The van der Waals surface area contributed by atoms with Crippen LogP contribution in [0, 0.1) is 6.92 Å². The Hall–Kier alpha value is -2.17. The molecule has 2 nitrogen and oxygen atoms in total. The fourth-order valence-electron chi connectivity index (χ4n) is 2.63. The molecule has 0 heterocycles. The normalized spacial score (nSPS) is 10.6. The van der Waals surface area contributed by atoms with Crippen LogP contribution in [-0.4, -0.2) is 11.7 Å². The van der Waals surface area contributed by atoms with Crippen molar-refractivity contribution in [3.05, 3.63) is 90.0 Å².